The van der Waals surface area contributed by atoms with Crippen LogP contribution in [0.4, 0.5) is 0 Å². The van der Waals surface area contributed by atoms with E-state index in [1.165, 1.54) is 0 Å². The number of ether oxygens (including phenoxy) is 1. The third-order valence-electron chi connectivity index (χ3n) is 3.73. The van der Waals surface area contributed by atoms with Crippen LogP contribution in [0.25, 0.3) is 11.0 Å². The number of nitrogens with zero attached hydrogens (tertiary/aromatic N) is 2. The lowest BCUT2D eigenvalue weighted by Gasteiger charge is -2.17. The lowest BCUT2D eigenvalue weighted by molar-refractivity contribution is 0.293. The van der Waals surface area contributed by atoms with Gasteiger partial charge >= 0.3 is 0 Å². The maximum absolute atomic E-state index is 5.42. The second kappa shape index (κ2) is 6.90. The number of fused-ring (bicyclic) bond motifs is 1. The Morgan fingerprint density at radius 2 is 2.05 bits per heavy atom. The molecule has 0 fully saturated rings. The third-order valence-corrected chi connectivity index (χ3v) is 4.06. The van der Waals surface area contributed by atoms with Gasteiger partial charge in [-0.1, -0.05) is 13.8 Å². The highest BCUT2D eigenvalue weighted by molar-refractivity contribution is 7.71. The summed E-state index contributed by atoms with van der Waals surface area (Å²) in [7, 11) is 1.69. The second-order valence-corrected chi connectivity index (χ2v) is 5.23. The van der Waals surface area contributed by atoms with Gasteiger partial charge in [0.25, 0.3) is 0 Å². The molecular weight excluding hydrogens is 270 g/mol. The predicted molar refractivity (Wildman–Crippen MR) is 86.1 cm³/mol. The van der Waals surface area contributed by atoms with Crippen molar-refractivity contribution in [1.82, 2.24) is 14.5 Å². The summed E-state index contributed by atoms with van der Waals surface area (Å²) < 4.78 is 8.24. The summed E-state index contributed by atoms with van der Waals surface area (Å²) >= 11 is 5.42. The summed E-state index contributed by atoms with van der Waals surface area (Å²) in [5.41, 5.74) is 2.19. The van der Waals surface area contributed by atoms with E-state index < -0.39 is 0 Å². The number of imidazole rings is 1. The number of methoxy groups -OCH3 is 1. The number of benzene rings is 1. The number of hydrogen-bond donors (Lipinski definition) is 1. The summed E-state index contributed by atoms with van der Waals surface area (Å²) in [5, 5.41) is 0. The van der Waals surface area contributed by atoms with Gasteiger partial charge in [-0.25, -0.2) is 0 Å². The van der Waals surface area contributed by atoms with Crippen LogP contribution in [0.1, 0.15) is 20.3 Å². The largest absolute Gasteiger partial charge is 0.497 e. The second-order valence-electron chi connectivity index (χ2n) is 4.85. The van der Waals surface area contributed by atoms with Crippen LogP contribution in [0, 0.1) is 4.77 Å². The van der Waals surface area contributed by atoms with Gasteiger partial charge in [-0.2, -0.15) is 0 Å². The molecule has 0 unspecified atom stereocenters. The molecule has 0 aliphatic carbocycles. The number of nitrogens with one attached hydrogen (secondary N) is 1. The Morgan fingerprint density at radius 3 is 2.70 bits per heavy atom. The smallest absolute Gasteiger partial charge is 0.178 e. The molecule has 110 valence electrons. The fourth-order valence-corrected chi connectivity index (χ4v) is 2.77. The Bertz CT molecular complexity index is 613. The number of aromatic nitrogens is 2. The molecule has 1 N–H and O–H groups in total. The molecular formula is C15H23N3OS. The average Bonchev–Trinajstić information content (AvgIpc) is 2.78. The lowest BCUT2D eigenvalue weighted by Crippen LogP contribution is -2.24. The van der Waals surface area contributed by atoms with Crippen LogP contribution in [-0.2, 0) is 6.54 Å². The zero-order chi connectivity index (χ0) is 14.5. The summed E-state index contributed by atoms with van der Waals surface area (Å²) in [4.78, 5) is 5.68. The maximum atomic E-state index is 5.42. The van der Waals surface area contributed by atoms with Gasteiger partial charge in [-0.05, 0) is 50.4 Å². The van der Waals surface area contributed by atoms with Gasteiger partial charge in [-0.15, -0.1) is 0 Å². The third kappa shape index (κ3) is 3.22. The zero-order valence-electron chi connectivity index (χ0n) is 12.5. The van der Waals surface area contributed by atoms with E-state index in [-0.39, 0.29) is 0 Å². The van der Waals surface area contributed by atoms with Crippen molar-refractivity contribution in [2.75, 3.05) is 26.7 Å². The molecule has 0 saturated heterocycles. The van der Waals surface area contributed by atoms with Gasteiger partial charge in [0.1, 0.15) is 5.75 Å². The Hall–Kier alpha value is -1.33. The minimum absolute atomic E-state index is 0.785. The fraction of sp³-hybridized carbons (Fsp3) is 0.533. The first kappa shape index (κ1) is 15.1. The van der Waals surface area contributed by atoms with Gasteiger partial charge in [0, 0.05) is 12.6 Å². The first-order chi connectivity index (χ1) is 9.69. The van der Waals surface area contributed by atoms with E-state index in [1.54, 1.807) is 7.11 Å². The number of aryl methyl sites for hydroxylation is 1. The summed E-state index contributed by atoms with van der Waals surface area (Å²) in [6.45, 7) is 8.64. The van der Waals surface area contributed by atoms with Crippen LogP contribution in [0.15, 0.2) is 18.2 Å². The van der Waals surface area contributed by atoms with Crippen molar-refractivity contribution in [3.05, 3.63) is 23.0 Å². The number of rotatable bonds is 7. The fourth-order valence-electron chi connectivity index (χ4n) is 2.47. The molecule has 2 aromatic rings. The van der Waals surface area contributed by atoms with E-state index >= 15 is 0 Å². The molecule has 0 spiro atoms. The van der Waals surface area contributed by atoms with E-state index in [0.717, 1.165) is 54.2 Å². The molecule has 0 atom stereocenters. The van der Waals surface area contributed by atoms with Crippen LogP contribution in [-0.4, -0.2) is 41.2 Å². The molecule has 0 aliphatic rings. The monoisotopic (exact) mass is 293 g/mol. The molecule has 4 nitrogen and oxygen atoms in total. The molecule has 0 bridgehead atoms. The highest BCUT2D eigenvalue weighted by Crippen LogP contribution is 2.20. The standard InChI is InChI=1S/C15H23N3OS/c1-4-17(5-2)9-6-10-18-14-11-12(19-3)7-8-13(14)16-15(18)20/h7-8,11H,4-6,9-10H2,1-3H3,(H,16,20). The van der Waals surface area contributed by atoms with Gasteiger partial charge in [0.15, 0.2) is 4.77 Å². The van der Waals surface area contributed by atoms with Gasteiger partial charge in [0.2, 0.25) is 0 Å². The van der Waals surface area contributed by atoms with Gasteiger partial charge in [0.05, 0.1) is 18.1 Å². The normalized spacial score (nSPS) is 11.4. The average molecular weight is 293 g/mol. The Labute approximate surface area is 125 Å². The van der Waals surface area contributed by atoms with E-state index in [1.807, 2.05) is 18.2 Å². The van der Waals surface area contributed by atoms with Crippen LogP contribution in [0.5, 0.6) is 5.75 Å². The van der Waals surface area contributed by atoms with Crippen molar-refractivity contribution in [3.63, 3.8) is 0 Å². The number of hydrogen-bond acceptors (Lipinski definition) is 3. The van der Waals surface area contributed by atoms with Gasteiger partial charge in [-0.3, -0.25) is 0 Å². The van der Waals surface area contributed by atoms with E-state index in [0.29, 0.717) is 0 Å². The zero-order valence-corrected chi connectivity index (χ0v) is 13.3. The predicted octanol–water partition coefficient (Wildman–Crippen LogP) is 3.44. The van der Waals surface area contributed by atoms with Crippen molar-refractivity contribution in [3.8, 4) is 5.75 Å². The lowest BCUT2D eigenvalue weighted by atomic mass is 10.3. The Kier molecular flexibility index (Phi) is 5.20. The summed E-state index contributed by atoms with van der Waals surface area (Å²) in [6.07, 6.45) is 1.10. The molecule has 0 radical (unpaired) electrons. The minimum atomic E-state index is 0.785. The van der Waals surface area contributed by atoms with Crippen molar-refractivity contribution in [1.29, 1.82) is 0 Å². The molecule has 2 rings (SSSR count). The van der Waals surface area contributed by atoms with E-state index in [2.05, 4.69) is 28.3 Å². The highest BCUT2D eigenvalue weighted by atomic mass is 32.1. The number of aromatic amines is 1. The molecule has 1 heterocycles. The maximum Gasteiger partial charge on any atom is 0.178 e. The highest BCUT2D eigenvalue weighted by Gasteiger charge is 2.06. The van der Waals surface area contributed by atoms with Crippen LogP contribution in [0.3, 0.4) is 0 Å². The molecule has 0 aliphatic heterocycles. The molecule has 1 aromatic carbocycles. The summed E-state index contributed by atoms with van der Waals surface area (Å²) in [6, 6.07) is 6.01. The summed E-state index contributed by atoms with van der Waals surface area (Å²) in [5.74, 6) is 0.865. The Balaban J connectivity index is 2.16. The van der Waals surface area contributed by atoms with Crippen molar-refractivity contribution in [2.24, 2.45) is 0 Å². The van der Waals surface area contributed by atoms with E-state index in [4.69, 9.17) is 17.0 Å². The Morgan fingerprint density at radius 1 is 1.30 bits per heavy atom. The molecule has 0 saturated carbocycles. The van der Waals surface area contributed by atoms with Crippen LogP contribution < -0.4 is 4.74 Å². The topological polar surface area (TPSA) is 33.2 Å². The first-order valence-corrected chi connectivity index (χ1v) is 7.59. The molecule has 20 heavy (non-hydrogen) atoms. The van der Waals surface area contributed by atoms with Crippen molar-refractivity contribution >= 4 is 23.3 Å². The van der Waals surface area contributed by atoms with E-state index in [9.17, 15) is 0 Å². The minimum Gasteiger partial charge on any atom is -0.497 e. The number of H-pyrrole nitrogens is 1. The van der Waals surface area contributed by atoms with Crippen LogP contribution >= 0.6 is 12.2 Å². The molecule has 5 heteroatoms. The SMILES string of the molecule is CCN(CC)CCCn1c(=S)[nH]c2ccc(OC)cc21. The van der Waals surface area contributed by atoms with Crippen molar-refractivity contribution in [2.45, 2.75) is 26.8 Å². The first-order valence-electron chi connectivity index (χ1n) is 7.18. The quantitative estimate of drug-likeness (QED) is 0.794. The molecule has 0 amide bonds. The van der Waals surface area contributed by atoms with Crippen LogP contribution in [0.2, 0.25) is 0 Å². The molecule has 1 aromatic heterocycles. The van der Waals surface area contributed by atoms with Crippen molar-refractivity contribution < 1.29 is 4.74 Å². The van der Waals surface area contributed by atoms with Gasteiger partial charge < -0.3 is 19.2 Å².